The van der Waals surface area contributed by atoms with Crippen molar-refractivity contribution in [2.24, 2.45) is 0 Å². The van der Waals surface area contributed by atoms with Crippen LogP contribution >= 0.6 is 0 Å². The Labute approximate surface area is 181 Å². The fraction of sp³-hybridized carbons (Fsp3) is 1.00. The van der Waals surface area contributed by atoms with Crippen LogP contribution in [0.15, 0.2) is 0 Å². The van der Waals surface area contributed by atoms with Crippen molar-refractivity contribution in [1.82, 2.24) is 0 Å². The van der Waals surface area contributed by atoms with Crippen LogP contribution < -0.4 is 0 Å². The van der Waals surface area contributed by atoms with E-state index in [0.29, 0.717) is 0 Å². The minimum atomic E-state index is -0.965. The number of hydrogen-bond acceptors (Lipinski definition) is 1. The van der Waals surface area contributed by atoms with Gasteiger partial charge < -0.3 is 0 Å². The predicted molar refractivity (Wildman–Crippen MR) is 129 cm³/mol. The normalized spacial score (nSPS) is 10.8. The van der Waals surface area contributed by atoms with Crippen molar-refractivity contribution in [1.29, 1.82) is 0 Å². The maximum atomic E-state index is 6.18. The third-order valence-electron chi connectivity index (χ3n) is 4.87. The van der Waals surface area contributed by atoms with E-state index in [0.717, 1.165) is 0 Å². The molecular formula is C20H50Ge4O. The first kappa shape index (κ1) is 31.8. The summed E-state index contributed by atoms with van der Waals surface area (Å²) in [6.07, 6.45) is 0. The molecule has 25 heavy (non-hydrogen) atoms. The van der Waals surface area contributed by atoms with Gasteiger partial charge in [0.25, 0.3) is 0 Å². The molecule has 0 aromatic heterocycles. The van der Waals surface area contributed by atoms with Crippen LogP contribution in [-0.2, 0) is 2.79 Å². The Hall–Kier alpha value is 2.13. The topological polar surface area (TPSA) is 9.23 Å². The Bertz CT molecular complexity index is 181. The number of rotatable bonds is 12. The summed E-state index contributed by atoms with van der Waals surface area (Å²) < 4.78 is 6.18. The van der Waals surface area contributed by atoms with Crippen molar-refractivity contribution in [2.45, 2.75) is 122 Å². The summed E-state index contributed by atoms with van der Waals surface area (Å²) in [5, 5.41) is 14.5. The van der Waals surface area contributed by atoms with Crippen LogP contribution in [0.3, 0.4) is 0 Å². The third-order valence-corrected chi connectivity index (χ3v) is 31.6. The molecule has 0 saturated carbocycles. The molecule has 0 unspecified atom stereocenters. The van der Waals surface area contributed by atoms with Crippen molar-refractivity contribution < 1.29 is 2.79 Å². The van der Waals surface area contributed by atoms with E-state index in [-0.39, 0.29) is 0 Å². The van der Waals surface area contributed by atoms with E-state index in [9.17, 15) is 0 Å². The first-order chi connectivity index (χ1) is 12.0. The zero-order valence-electron chi connectivity index (χ0n) is 19.5. The van der Waals surface area contributed by atoms with Crippen molar-refractivity contribution in [3.05, 3.63) is 0 Å². The summed E-state index contributed by atoms with van der Waals surface area (Å²) in [6.45, 7) is 23.2. The molecule has 152 valence electrons. The molecule has 0 aliphatic heterocycles. The van der Waals surface area contributed by atoms with E-state index in [1.165, 1.54) is 52.5 Å². The van der Waals surface area contributed by atoms with Crippen LogP contribution in [0.5, 0.6) is 0 Å². The van der Waals surface area contributed by atoms with Gasteiger partial charge in [-0.1, -0.05) is 0 Å². The predicted octanol–water partition coefficient (Wildman–Crippen LogP) is 8.15. The maximum absolute atomic E-state index is 6.18. The first-order valence-electron chi connectivity index (χ1n) is 11.0. The van der Waals surface area contributed by atoms with Crippen LogP contribution in [-0.4, -0.2) is 58.1 Å². The molecule has 0 amide bonds. The summed E-state index contributed by atoms with van der Waals surface area (Å²) >= 11 is -2.74. The molecule has 0 bridgehead atoms. The van der Waals surface area contributed by atoms with Gasteiger partial charge in [-0.25, -0.2) is 0 Å². The second-order valence-corrected chi connectivity index (χ2v) is 34.5. The molecule has 5 heteroatoms. The van der Waals surface area contributed by atoms with E-state index in [4.69, 9.17) is 2.79 Å². The molecule has 0 aliphatic carbocycles. The molecule has 1 nitrogen and oxygen atoms in total. The Morgan fingerprint density at radius 2 is 0.560 bits per heavy atom. The Morgan fingerprint density at radius 1 is 0.360 bits per heavy atom. The summed E-state index contributed by atoms with van der Waals surface area (Å²) in [6, 6.07) is 0. The van der Waals surface area contributed by atoms with Gasteiger partial charge in [0.2, 0.25) is 0 Å². The minimum absolute atomic E-state index is 0.403. The monoisotopic (exact) mass is 602 g/mol. The molecule has 0 aromatic rings. The molecule has 0 heterocycles. The Morgan fingerprint density at radius 3 is 0.640 bits per heavy atom. The third kappa shape index (κ3) is 22.3. The second-order valence-electron chi connectivity index (χ2n) is 6.21. The van der Waals surface area contributed by atoms with E-state index in [2.05, 4.69) is 69.2 Å². The summed E-state index contributed by atoms with van der Waals surface area (Å²) in [5.41, 5.74) is 0. The fourth-order valence-corrected chi connectivity index (χ4v) is 23.7. The van der Waals surface area contributed by atoms with Gasteiger partial charge in [-0.05, 0) is 0 Å². The molecule has 0 fully saturated rings. The van der Waals surface area contributed by atoms with E-state index in [1.807, 2.05) is 0 Å². The van der Waals surface area contributed by atoms with E-state index >= 15 is 0 Å². The van der Waals surface area contributed by atoms with Crippen LogP contribution in [0.4, 0.5) is 0 Å². The van der Waals surface area contributed by atoms with Crippen molar-refractivity contribution in [2.75, 3.05) is 0 Å². The Balaban J connectivity index is -0.000000304. The molecule has 0 rings (SSSR count). The van der Waals surface area contributed by atoms with Gasteiger partial charge in [-0.2, -0.15) is 0 Å². The molecular weight excluding hydrogens is 547 g/mol. The molecule has 0 N–H and O–H groups in total. The fourth-order valence-electron chi connectivity index (χ4n) is 2.49. The van der Waals surface area contributed by atoms with Crippen LogP contribution in [0.25, 0.3) is 0 Å². The molecule has 0 atom stereocenters. The van der Waals surface area contributed by atoms with Crippen molar-refractivity contribution in [3.8, 4) is 0 Å². The van der Waals surface area contributed by atoms with Gasteiger partial charge in [-0.15, -0.1) is 0 Å². The SMILES string of the molecule is C[CH2][Ge]([CH2]C)[CH2]C.C[CH2][Ge]([CH2]C)[CH2]C.C[CH2][Ge]([CH2]C)[O][Ge]([CH2]C)[CH2]C. The average Bonchev–Trinajstić information content (AvgIpc) is 2.67. The van der Waals surface area contributed by atoms with Gasteiger partial charge in [0.05, 0.1) is 0 Å². The quantitative estimate of drug-likeness (QED) is 0.207. The number of hydrogen-bond donors (Lipinski definition) is 0. The van der Waals surface area contributed by atoms with Crippen LogP contribution in [0, 0.1) is 0 Å². The van der Waals surface area contributed by atoms with E-state index in [1.54, 1.807) is 0 Å². The standard InChI is InChI=1S/C8H20Ge2O.2C6H15Ge/c1-5-9(6-2)11-10(7-3)8-4;2*1-4-7(5-2)6-3/h5-8H2,1-4H3;2*4-6H2,1-3H3. The van der Waals surface area contributed by atoms with Crippen LogP contribution in [0.1, 0.15) is 69.2 Å². The van der Waals surface area contributed by atoms with Crippen molar-refractivity contribution in [3.63, 3.8) is 0 Å². The summed E-state index contributed by atoms with van der Waals surface area (Å²) in [5.74, 6) is 0. The molecule has 0 aromatic carbocycles. The molecule has 0 aliphatic rings. The average molecular weight is 597 g/mol. The van der Waals surface area contributed by atoms with Crippen LogP contribution in [0.2, 0.25) is 52.5 Å². The zero-order valence-corrected chi connectivity index (χ0v) is 27.9. The second kappa shape index (κ2) is 26.1. The molecule has 4 radical (unpaired) electrons. The zero-order chi connectivity index (χ0) is 20.1. The van der Waals surface area contributed by atoms with Gasteiger partial charge in [0, 0.05) is 0 Å². The van der Waals surface area contributed by atoms with Gasteiger partial charge >= 0.3 is 183 Å². The van der Waals surface area contributed by atoms with Gasteiger partial charge in [0.1, 0.15) is 0 Å². The molecule has 0 spiro atoms. The van der Waals surface area contributed by atoms with E-state index < -0.39 is 58.1 Å². The summed E-state index contributed by atoms with van der Waals surface area (Å²) in [4.78, 5) is 0. The molecule has 0 saturated heterocycles. The van der Waals surface area contributed by atoms with Crippen molar-refractivity contribution >= 4 is 58.1 Å². The first-order valence-corrected chi connectivity index (χ1v) is 27.6. The van der Waals surface area contributed by atoms with Gasteiger partial charge in [-0.3, -0.25) is 0 Å². The van der Waals surface area contributed by atoms with Gasteiger partial charge in [0.15, 0.2) is 0 Å². The summed E-state index contributed by atoms with van der Waals surface area (Å²) in [7, 11) is 0. The Kier molecular flexibility index (Phi) is 33.3.